The minimum absolute atomic E-state index is 0.179. The van der Waals surface area contributed by atoms with E-state index in [1.165, 1.54) is 0 Å². The van der Waals surface area contributed by atoms with Gasteiger partial charge in [-0.05, 0) is 0 Å². The standard InChI is InChI=1S/C17H27N3O16P2/c1-7(22)18-12-9(23)4-8(5-21)33-16(12)35-38(30,31)36-37(28,29)32-6-10-13(25)14(26)15(34-10)20-3-2-11(24)19-17(20)27/h2-3,8-10,12-16,21,23,25-26H,4-6H2,1H3,(H,18,22)(H,28,29)(H,30,31)(H,19,24,27)/t8-,9-,10+,12+,13+,14+,15+,16+/m0/s1. The minimum Gasteiger partial charge on any atom is -0.394 e. The third kappa shape index (κ3) is 7.64. The molecule has 21 heteroatoms. The first-order valence-corrected chi connectivity index (χ1v) is 13.9. The predicted octanol–water partition coefficient (Wildman–Crippen LogP) is -3.62. The van der Waals surface area contributed by atoms with Crippen LogP contribution in [0.1, 0.15) is 19.6 Å². The van der Waals surface area contributed by atoms with Crippen molar-refractivity contribution in [3.63, 3.8) is 0 Å². The molecule has 19 nitrogen and oxygen atoms in total. The monoisotopic (exact) mass is 591 g/mol. The summed E-state index contributed by atoms with van der Waals surface area (Å²) in [4.78, 5) is 56.4. The number of hydrogen-bond acceptors (Lipinski definition) is 14. The summed E-state index contributed by atoms with van der Waals surface area (Å²) in [5.74, 6) is -0.682. The molecule has 3 heterocycles. The Morgan fingerprint density at radius 3 is 2.47 bits per heavy atom. The van der Waals surface area contributed by atoms with Crippen LogP contribution in [0, 0.1) is 0 Å². The van der Waals surface area contributed by atoms with E-state index < -0.39 is 95.1 Å². The molecule has 1 aromatic heterocycles. The molecule has 0 radical (unpaired) electrons. The van der Waals surface area contributed by atoms with E-state index in [0.29, 0.717) is 0 Å². The van der Waals surface area contributed by atoms with E-state index in [9.17, 15) is 53.7 Å². The van der Waals surface area contributed by atoms with Crippen molar-refractivity contribution in [2.45, 2.75) is 62.4 Å². The maximum atomic E-state index is 12.4. The van der Waals surface area contributed by atoms with E-state index in [4.69, 9.17) is 14.0 Å². The molecule has 1 amide bonds. The smallest absolute Gasteiger partial charge is 0.394 e. The van der Waals surface area contributed by atoms with Crippen molar-refractivity contribution < 1.29 is 67.0 Å². The molecule has 216 valence electrons. The average Bonchev–Trinajstić information content (AvgIpc) is 3.07. The van der Waals surface area contributed by atoms with E-state index >= 15 is 0 Å². The second-order valence-electron chi connectivity index (χ2n) is 8.32. The highest BCUT2D eigenvalue weighted by atomic mass is 31.3. The van der Waals surface area contributed by atoms with Crippen molar-refractivity contribution in [3.8, 4) is 0 Å². The van der Waals surface area contributed by atoms with Crippen LogP contribution in [0.4, 0.5) is 0 Å². The Hall–Kier alpha value is -1.83. The van der Waals surface area contributed by atoms with Gasteiger partial charge < -0.3 is 45.0 Å². The zero-order chi connectivity index (χ0) is 28.4. The third-order valence-electron chi connectivity index (χ3n) is 5.42. The lowest BCUT2D eigenvalue weighted by molar-refractivity contribution is -0.207. The zero-order valence-electron chi connectivity index (χ0n) is 19.5. The van der Waals surface area contributed by atoms with E-state index in [2.05, 4.69) is 14.2 Å². The molecule has 0 saturated carbocycles. The van der Waals surface area contributed by atoms with Gasteiger partial charge in [0.2, 0.25) is 5.91 Å². The summed E-state index contributed by atoms with van der Waals surface area (Å²) >= 11 is 0. The molecule has 0 aromatic carbocycles. The number of ether oxygens (including phenoxy) is 2. The van der Waals surface area contributed by atoms with Crippen molar-refractivity contribution in [3.05, 3.63) is 33.1 Å². The normalized spacial score (nSPS) is 34.8. The van der Waals surface area contributed by atoms with Gasteiger partial charge in [-0.3, -0.25) is 28.2 Å². The lowest BCUT2D eigenvalue weighted by Crippen LogP contribution is -2.57. The Kier molecular flexibility index (Phi) is 9.81. The summed E-state index contributed by atoms with van der Waals surface area (Å²) in [6.45, 7) is -0.564. The fraction of sp³-hybridized carbons (Fsp3) is 0.706. The number of phosphoric acid groups is 2. The van der Waals surface area contributed by atoms with Crippen LogP contribution in [0.3, 0.4) is 0 Å². The van der Waals surface area contributed by atoms with Crippen LogP contribution in [0.2, 0.25) is 0 Å². The van der Waals surface area contributed by atoms with Crippen LogP contribution in [0.25, 0.3) is 0 Å². The lowest BCUT2D eigenvalue weighted by Gasteiger charge is -2.39. The van der Waals surface area contributed by atoms with Gasteiger partial charge in [-0.2, -0.15) is 4.31 Å². The van der Waals surface area contributed by atoms with Crippen LogP contribution in [0.15, 0.2) is 21.9 Å². The third-order valence-corrected chi connectivity index (χ3v) is 8.02. The summed E-state index contributed by atoms with van der Waals surface area (Å²) in [5, 5.41) is 42.1. The van der Waals surface area contributed by atoms with Crippen LogP contribution < -0.4 is 16.6 Å². The average molecular weight is 591 g/mol. The first kappa shape index (κ1) is 30.7. The highest BCUT2D eigenvalue weighted by Gasteiger charge is 2.48. The van der Waals surface area contributed by atoms with Gasteiger partial charge in [-0.15, -0.1) is 0 Å². The highest BCUT2D eigenvalue weighted by Crippen LogP contribution is 2.61. The molecule has 2 fully saturated rings. The van der Waals surface area contributed by atoms with E-state index in [-0.39, 0.29) is 6.42 Å². The minimum atomic E-state index is -5.53. The topological polar surface area (TPSA) is 286 Å². The summed E-state index contributed by atoms with van der Waals surface area (Å²) in [6, 6.07) is -0.480. The number of aliphatic hydroxyl groups is 4. The molecule has 2 unspecified atom stereocenters. The molecule has 10 atom stereocenters. The molecule has 0 aliphatic carbocycles. The van der Waals surface area contributed by atoms with E-state index in [1.54, 1.807) is 0 Å². The fourth-order valence-electron chi connectivity index (χ4n) is 3.73. The molecular formula is C17H27N3O16P2. The lowest BCUT2D eigenvalue weighted by atomic mass is 10.0. The summed E-state index contributed by atoms with van der Waals surface area (Å²) in [6.07, 6.45) is -10.2. The van der Waals surface area contributed by atoms with Gasteiger partial charge in [0, 0.05) is 25.6 Å². The van der Waals surface area contributed by atoms with E-state index in [1.807, 2.05) is 4.98 Å². The molecule has 2 saturated heterocycles. The van der Waals surface area contributed by atoms with Crippen molar-refractivity contribution in [2.24, 2.45) is 0 Å². The number of carbonyl (C=O) groups excluding carboxylic acids is 1. The van der Waals surface area contributed by atoms with Crippen LogP contribution in [-0.2, 0) is 36.8 Å². The molecule has 2 aliphatic heterocycles. The Morgan fingerprint density at radius 1 is 1.18 bits per heavy atom. The first-order chi connectivity index (χ1) is 17.6. The molecule has 1 aromatic rings. The number of phosphoric ester groups is 2. The van der Waals surface area contributed by atoms with Gasteiger partial charge in [0.05, 0.1) is 25.4 Å². The number of aromatic nitrogens is 2. The second kappa shape index (κ2) is 12.1. The molecule has 0 spiro atoms. The Bertz CT molecular complexity index is 1210. The number of amides is 1. The largest absolute Gasteiger partial charge is 0.483 e. The number of carbonyl (C=O) groups is 1. The molecule has 3 rings (SSSR count). The molecular weight excluding hydrogens is 564 g/mol. The van der Waals surface area contributed by atoms with Crippen LogP contribution >= 0.6 is 15.6 Å². The summed E-state index contributed by atoms with van der Waals surface area (Å²) in [5.41, 5.74) is -1.72. The molecule has 0 bridgehead atoms. The molecule has 2 aliphatic rings. The van der Waals surface area contributed by atoms with Gasteiger partial charge >= 0.3 is 21.3 Å². The van der Waals surface area contributed by atoms with Crippen LogP contribution in [-0.4, -0.2) is 102 Å². The number of aliphatic hydroxyl groups excluding tert-OH is 4. The second-order valence-corrected chi connectivity index (χ2v) is 11.3. The van der Waals surface area contributed by atoms with Gasteiger partial charge in [-0.1, -0.05) is 0 Å². The number of nitrogens with zero attached hydrogens (tertiary/aromatic N) is 1. The first-order valence-electron chi connectivity index (χ1n) is 10.9. The zero-order valence-corrected chi connectivity index (χ0v) is 21.3. The van der Waals surface area contributed by atoms with Crippen molar-refractivity contribution in [1.29, 1.82) is 0 Å². The Balaban J connectivity index is 1.64. The SMILES string of the molecule is CC(=O)N[C@H]1[C@@H](OP(=O)(O)OP(=O)(O)OC[C@H]2O[C@@H](n3ccc(=O)[nH]c3=O)[C@H](O)[C@@H]2O)O[C@H](CO)C[C@@H]1O. The number of hydrogen-bond donors (Lipinski definition) is 8. The summed E-state index contributed by atoms with van der Waals surface area (Å²) in [7, 11) is -11.0. The van der Waals surface area contributed by atoms with Crippen molar-refractivity contribution in [2.75, 3.05) is 13.2 Å². The summed E-state index contributed by atoms with van der Waals surface area (Å²) < 4.78 is 49.5. The Labute approximate surface area is 212 Å². The fourth-order valence-corrected chi connectivity index (χ4v) is 5.90. The quantitative estimate of drug-likeness (QED) is 0.122. The van der Waals surface area contributed by atoms with Crippen molar-refractivity contribution in [1.82, 2.24) is 14.9 Å². The van der Waals surface area contributed by atoms with E-state index in [0.717, 1.165) is 23.8 Å². The van der Waals surface area contributed by atoms with Crippen molar-refractivity contribution >= 4 is 21.6 Å². The predicted molar refractivity (Wildman–Crippen MR) is 119 cm³/mol. The Morgan fingerprint density at radius 2 is 1.87 bits per heavy atom. The number of rotatable bonds is 10. The number of nitrogens with one attached hydrogen (secondary N) is 2. The van der Waals surface area contributed by atoms with Gasteiger partial charge in [0.15, 0.2) is 12.5 Å². The molecule has 8 N–H and O–H groups in total. The van der Waals surface area contributed by atoms with Gasteiger partial charge in [0.25, 0.3) is 5.56 Å². The number of aromatic amines is 1. The highest BCUT2D eigenvalue weighted by molar-refractivity contribution is 7.61. The number of H-pyrrole nitrogens is 1. The maximum absolute atomic E-state index is 12.4. The van der Waals surface area contributed by atoms with Crippen LogP contribution in [0.5, 0.6) is 0 Å². The maximum Gasteiger partial charge on any atom is 0.483 e. The molecule has 38 heavy (non-hydrogen) atoms. The van der Waals surface area contributed by atoms with Gasteiger partial charge in [0.1, 0.15) is 24.4 Å². The van der Waals surface area contributed by atoms with Gasteiger partial charge in [-0.25, -0.2) is 13.9 Å².